The van der Waals surface area contributed by atoms with E-state index in [1.807, 2.05) is 13.1 Å². The topological polar surface area (TPSA) is 80.0 Å². The third-order valence-corrected chi connectivity index (χ3v) is 4.50. The van der Waals surface area contributed by atoms with Crippen molar-refractivity contribution in [2.24, 2.45) is 0 Å². The van der Waals surface area contributed by atoms with Gasteiger partial charge in [-0.3, -0.25) is 4.79 Å². The molecule has 1 aromatic carbocycles. The van der Waals surface area contributed by atoms with E-state index in [-0.39, 0.29) is 11.9 Å². The Labute approximate surface area is 128 Å². The van der Waals surface area contributed by atoms with Crippen LogP contribution in [0.25, 0.3) is 0 Å². The Morgan fingerprint density at radius 2 is 2.24 bits per heavy atom. The molecule has 5 nitrogen and oxygen atoms in total. The zero-order chi connectivity index (χ0) is 15.4. The Balaban J connectivity index is 2.25. The first kappa shape index (κ1) is 15.3. The fraction of sp³-hybridized carbons (Fsp3) is 0.333. The molecule has 1 unspecified atom stereocenters. The zero-order valence-electron chi connectivity index (χ0n) is 12.4. The van der Waals surface area contributed by atoms with Gasteiger partial charge < -0.3 is 16.4 Å². The summed E-state index contributed by atoms with van der Waals surface area (Å²) in [4.78, 5) is 17.6. The van der Waals surface area contributed by atoms with E-state index >= 15 is 0 Å². The minimum Gasteiger partial charge on any atom is -0.399 e. The Kier molecular flexibility index (Phi) is 4.80. The van der Waals surface area contributed by atoms with Crippen LogP contribution >= 0.6 is 11.3 Å². The quantitative estimate of drug-likeness (QED) is 0.742. The van der Waals surface area contributed by atoms with Gasteiger partial charge in [-0.2, -0.15) is 0 Å². The summed E-state index contributed by atoms with van der Waals surface area (Å²) in [6.07, 6.45) is 2.88. The van der Waals surface area contributed by atoms with Crippen LogP contribution in [0.3, 0.4) is 0 Å². The number of aromatic nitrogens is 1. The lowest BCUT2D eigenvalue weighted by Crippen LogP contribution is -2.20. The van der Waals surface area contributed by atoms with Crippen molar-refractivity contribution in [1.29, 1.82) is 0 Å². The number of nitrogens with one attached hydrogen (secondary N) is 2. The molecule has 4 N–H and O–H groups in total. The molecule has 0 saturated heterocycles. The summed E-state index contributed by atoms with van der Waals surface area (Å²) in [6, 6.07) is 5.23. The van der Waals surface area contributed by atoms with E-state index in [0.717, 1.165) is 17.1 Å². The predicted octanol–water partition coefficient (Wildman–Crippen LogP) is 2.82. The molecule has 0 saturated carbocycles. The van der Waals surface area contributed by atoms with Gasteiger partial charge in [-0.15, -0.1) is 11.3 Å². The van der Waals surface area contributed by atoms with Crippen LogP contribution in [-0.2, 0) is 6.42 Å². The number of nitrogens with zero attached hydrogens (tertiary/aromatic N) is 1. The molecule has 112 valence electrons. The first-order valence-corrected chi connectivity index (χ1v) is 7.69. The number of aryl methyl sites for hydroxylation is 1. The molecule has 0 aliphatic heterocycles. The molecule has 0 spiro atoms. The Bertz CT molecular complexity index is 638. The molecule has 1 amide bonds. The minimum absolute atomic E-state index is 0.0144. The summed E-state index contributed by atoms with van der Waals surface area (Å²) in [5, 5.41) is 6.96. The maximum atomic E-state index is 11.9. The molecule has 2 rings (SSSR count). The fourth-order valence-electron chi connectivity index (χ4n) is 2.00. The number of carbonyl (C=O) groups excluding carboxylic acids is 1. The van der Waals surface area contributed by atoms with E-state index in [4.69, 9.17) is 5.73 Å². The largest absolute Gasteiger partial charge is 0.399 e. The van der Waals surface area contributed by atoms with Crippen LogP contribution in [0.4, 0.5) is 11.4 Å². The van der Waals surface area contributed by atoms with Gasteiger partial charge in [0.25, 0.3) is 5.91 Å². The number of hydrogen-bond acceptors (Lipinski definition) is 5. The molecule has 1 aromatic heterocycles. The average Bonchev–Trinajstić information content (AvgIpc) is 2.95. The lowest BCUT2D eigenvalue weighted by atomic mass is 10.1. The number of nitrogens with two attached hydrogens (primary N) is 1. The van der Waals surface area contributed by atoms with Crippen LogP contribution in [0.1, 0.15) is 40.1 Å². The lowest BCUT2D eigenvalue weighted by Gasteiger charge is -2.16. The number of rotatable bonds is 5. The number of carbonyl (C=O) groups is 1. The number of nitrogen functional groups attached to an aromatic ring is 1. The van der Waals surface area contributed by atoms with Gasteiger partial charge in [-0.1, -0.05) is 6.92 Å². The smallest absolute Gasteiger partial charge is 0.253 e. The lowest BCUT2D eigenvalue weighted by molar-refractivity contribution is 0.0964. The predicted molar refractivity (Wildman–Crippen MR) is 87.8 cm³/mol. The van der Waals surface area contributed by atoms with Gasteiger partial charge in [-0.25, -0.2) is 4.98 Å². The molecule has 0 bridgehead atoms. The minimum atomic E-state index is -0.141. The molecule has 6 heteroatoms. The molecule has 0 radical (unpaired) electrons. The second-order valence-corrected chi connectivity index (χ2v) is 5.92. The average molecular weight is 304 g/mol. The van der Waals surface area contributed by atoms with Crippen LogP contribution < -0.4 is 16.4 Å². The van der Waals surface area contributed by atoms with E-state index in [2.05, 4.69) is 22.5 Å². The Morgan fingerprint density at radius 1 is 1.48 bits per heavy atom. The van der Waals surface area contributed by atoms with Crippen LogP contribution in [-0.4, -0.2) is 17.9 Å². The summed E-state index contributed by atoms with van der Waals surface area (Å²) in [7, 11) is 1.61. The molecule has 0 aliphatic rings. The van der Waals surface area contributed by atoms with E-state index < -0.39 is 0 Å². The molecule has 0 aliphatic carbocycles. The van der Waals surface area contributed by atoms with Gasteiger partial charge in [0.05, 0.1) is 11.6 Å². The maximum Gasteiger partial charge on any atom is 0.253 e. The highest BCUT2D eigenvalue weighted by atomic mass is 32.1. The highest BCUT2D eigenvalue weighted by molar-refractivity contribution is 7.11. The van der Waals surface area contributed by atoms with Crippen LogP contribution in [0.2, 0.25) is 0 Å². The van der Waals surface area contributed by atoms with Crippen molar-refractivity contribution in [3.05, 3.63) is 39.8 Å². The zero-order valence-corrected chi connectivity index (χ0v) is 13.3. The van der Waals surface area contributed by atoms with Gasteiger partial charge in [0.1, 0.15) is 5.01 Å². The normalized spacial score (nSPS) is 12.0. The van der Waals surface area contributed by atoms with Crippen molar-refractivity contribution in [2.45, 2.75) is 26.3 Å². The van der Waals surface area contributed by atoms with E-state index in [1.54, 1.807) is 36.6 Å². The van der Waals surface area contributed by atoms with Crippen molar-refractivity contribution in [3.8, 4) is 0 Å². The number of benzene rings is 1. The molecule has 2 aromatic rings. The van der Waals surface area contributed by atoms with Crippen LogP contribution in [0.15, 0.2) is 24.4 Å². The number of anilines is 2. The van der Waals surface area contributed by atoms with Gasteiger partial charge in [-0.05, 0) is 31.5 Å². The summed E-state index contributed by atoms with van der Waals surface area (Å²) in [6.45, 7) is 4.13. The first-order valence-electron chi connectivity index (χ1n) is 6.87. The van der Waals surface area contributed by atoms with Crippen molar-refractivity contribution < 1.29 is 4.79 Å². The highest BCUT2D eigenvalue weighted by Gasteiger charge is 2.15. The fourth-order valence-corrected chi connectivity index (χ4v) is 2.85. The van der Waals surface area contributed by atoms with Crippen LogP contribution in [0.5, 0.6) is 0 Å². The monoisotopic (exact) mass is 304 g/mol. The molecule has 21 heavy (non-hydrogen) atoms. The van der Waals surface area contributed by atoms with Crippen LogP contribution in [0, 0.1) is 0 Å². The number of hydrogen-bond donors (Lipinski definition) is 3. The molecular weight excluding hydrogens is 284 g/mol. The molecular formula is C15H20N4OS. The van der Waals surface area contributed by atoms with E-state index in [1.165, 1.54) is 4.88 Å². The van der Waals surface area contributed by atoms with Gasteiger partial charge in [0.2, 0.25) is 0 Å². The third kappa shape index (κ3) is 3.52. The Hall–Kier alpha value is -2.08. The maximum absolute atomic E-state index is 11.9. The van der Waals surface area contributed by atoms with Gasteiger partial charge in [0.15, 0.2) is 0 Å². The van der Waals surface area contributed by atoms with Crippen molar-refractivity contribution >= 4 is 28.6 Å². The third-order valence-electron chi connectivity index (χ3n) is 3.18. The van der Waals surface area contributed by atoms with E-state index in [0.29, 0.717) is 11.3 Å². The SMILES string of the molecule is CCc1cnc(C(C)Nc2cc(N)ccc2C(=O)NC)s1. The van der Waals surface area contributed by atoms with Gasteiger partial charge in [0, 0.05) is 29.5 Å². The highest BCUT2D eigenvalue weighted by Crippen LogP contribution is 2.27. The van der Waals surface area contributed by atoms with Crippen molar-refractivity contribution in [1.82, 2.24) is 10.3 Å². The summed E-state index contributed by atoms with van der Waals surface area (Å²) in [5.74, 6) is -0.141. The van der Waals surface area contributed by atoms with Gasteiger partial charge >= 0.3 is 0 Å². The second-order valence-electron chi connectivity index (χ2n) is 4.77. The summed E-state index contributed by atoms with van der Waals surface area (Å²) < 4.78 is 0. The standard InChI is InChI=1S/C15H20N4OS/c1-4-11-8-18-15(21-11)9(2)19-13-7-10(16)5-6-12(13)14(20)17-3/h5-9,19H,4,16H2,1-3H3,(H,17,20). The second kappa shape index (κ2) is 6.58. The van der Waals surface area contributed by atoms with Crippen molar-refractivity contribution in [3.63, 3.8) is 0 Å². The first-order chi connectivity index (χ1) is 10.0. The Morgan fingerprint density at radius 3 is 2.86 bits per heavy atom. The molecule has 1 heterocycles. The summed E-state index contributed by atoms with van der Waals surface area (Å²) in [5.41, 5.74) is 7.73. The summed E-state index contributed by atoms with van der Waals surface area (Å²) >= 11 is 1.68. The number of thiazole rings is 1. The number of amides is 1. The molecule has 1 atom stereocenters. The molecule has 0 fully saturated rings. The van der Waals surface area contributed by atoms with Crippen molar-refractivity contribution in [2.75, 3.05) is 18.1 Å². The van der Waals surface area contributed by atoms with E-state index in [9.17, 15) is 4.79 Å².